The van der Waals surface area contributed by atoms with Crippen LogP contribution in [0.3, 0.4) is 0 Å². The number of esters is 3. The first-order valence-corrected chi connectivity index (χ1v) is 5.24. The summed E-state index contributed by atoms with van der Waals surface area (Å²) in [4.78, 5) is 33.7. The minimum atomic E-state index is -1.24. The average Bonchev–Trinajstić information content (AvgIpc) is 2.25. The van der Waals surface area contributed by atoms with E-state index in [1.165, 1.54) is 7.11 Å². The summed E-state index contributed by atoms with van der Waals surface area (Å²) in [7, 11) is 2.34. The van der Waals surface area contributed by atoms with Crippen LogP contribution in [0.2, 0.25) is 0 Å². The summed E-state index contributed by atoms with van der Waals surface area (Å²) in [6.07, 6.45) is -1.40. The first-order valence-electron chi connectivity index (χ1n) is 5.24. The van der Waals surface area contributed by atoms with Gasteiger partial charge in [0.05, 0.1) is 20.6 Å². The first-order chi connectivity index (χ1) is 7.90. The lowest BCUT2D eigenvalue weighted by Crippen LogP contribution is -2.31. The Morgan fingerprint density at radius 1 is 0.941 bits per heavy atom. The van der Waals surface area contributed by atoms with Crippen LogP contribution in [-0.2, 0) is 28.6 Å². The van der Waals surface area contributed by atoms with Crippen molar-refractivity contribution in [2.75, 3.05) is 14.2 Å². The Kier molecular flexibility index (Phi) is 6.93. The molecule has 0 aliphatic rings. The molecule has 0 aliphatic carbocycles. The molecule has 0 aromatic carbocycles. The van der Waals surface area contributed by atoms with Crippen LogP contribution >= 0.6 is 0 Å². The largest absolute Gasteiger partial charge is 0.469 e. The second kappa shape index (κ2) is 7.65. The van der Waals surface area contributed by atoms with E-state index in [-0.39, 0.29) is 18.8 Å². The van der Waals surface area contributed by atoms with E-state index in [9.17, 15) is 14.4 Å². The molecule has 0 amide bonds. The number of ether oxygens (including phenoxy) is 3. The van der Waals surface area contributed by atoms with E-state index in [2.05, 4.69) is 9.47 Å². The van der Waals surface area contributed by atoms with E-state index in [0.29, 0.717) is 0 Å². The predicted molar refractivity (Wildman–Crippen MR) is 58.0 cm³/mol. The van der Waals surface area contributed by atoms with Crippen molar-refractivity contribution in [3.63, 3.8) is 0 Å². The van der Waals surface area contributed by atoms with Crippen molar-refractivity contribution >= 4 is 17.9 Å². The second-order valence-corrected chi connectivity index (χ2v) is 3.88. The van der Waals surface area contributed by atoms with Crippen molar-refractivity contribution in [3.05, 3.63) is 0 Å². The summed E-state index contributed by atoms with van der Waals surface area (Å²) in [6.45, 7) is 3.68. The van der Waals surface area contributed by atoms with E-state index in [0.717, 1.165) is 7.11 Å². The van der Waals surface area contributed by atoms with Crippen LogP contribution in [0.5, 0.6) is 0 Å². The van der Waals surface area contributed by atoms with Crippen LogP contribution < -0.4 is 0 Å². The van der Waals surface area contributed by atoms with Gasteiger partial charge in [0.2, 0.25) is 6.10 Å². The second-order valence-electron chi connectivity index (χ2n) is 3.88. The summed E-state index contributed by atoms with van der Waals surface area (Å²) in [5, 5.41) is 0. The maximum atomic E-state index is 11.4. The van der Waals surface area contributed by atoms with Crippen molar-refractivity contribution in [3.8, 4) is 0 Å². The molecule has 0 aliphatic heterocycles. The zero-order chi connectivity index (χ0) is 13.4. The van der Waals surface area contributed by atoms with Crippen molar-refractivity contribution < 1.29 is 28.6 Å². The van der Waals surface area contributed by atoms with Crippen LogP contribution in [0.4, 0.5) is 0 Å². The van der Waals surface area contributed by atoms with Gasteiger partial charge in [0.15, 0.2) is 0 Å². The van der Waals surface area contributed by atoms with E-state index in [1.54, 1.807) is 0 Å². The number of hydrogen-bond donors (Lipinski definition) is 0. The Balaban J connectivity index is 4.43. The fraction of sp³-hybridized carbons (Fsp3) is 0.727. The van der Waals surface area contributed by atoms with Gasteiger partial charge in [-0.2, -0.15) is 0 Å². The van der Waals surface area contributed by atoms with Crippen LogP contribution in [0.1, 0.15) is 26.7 Å². The van der Waals surface area contributed by atoms with Crippen molar-refractivity contribution in [2.45, 2.75) is 32.8 Å². The zero-order valence-corrected chi connectivity index (χ0v) is 10.5. The molecule has 0 bridgehead atoms. The molecule has 98 valence electrons. The van der Waals surface area contributed by atoms with Crippen LogP contribution in [0.15, 0.2) is 0 Å². The van der Waals surface area contributed by atoms with Gasteiger partial charge in [-0.1, -0.05) is 13.8 Å². The van der Waals surface area contributed by atoms with E-state index in [4.69, 9.17) is 4.74 Å². The molecule has 17 heavy (non-hydrogen) atoms. The lowest BCUT2D eigenvalue weighted by Gasteiger charge is -2.15. The molecule has 0 spiro atoms. The average molecular weight is 246 g/mol. The van der Waals surface area contributed by atoms with Crippen molar-refractivity contribution in [2.24, 2.45) is 5.92 Å². The van der Waals surface area contributed by atoms with Gasteiger partial charge in [-0.25, -0.2) is 4.79 Å². The van der Waals surface area contributed by atoms with E-state index in [1.807, 2.05) is 13.8 Å². The monoisotopic (exact) mass is 246 g/mol. The maximum absolute atomic E-state index is 11.4. The molecular formula is C11H18O6. The fourth-order valence-corrected chi connectivity index (χ4v) is 1.08. The molecule has 0 unspecified atom stereocenters. The molecule has 0 heterocycles. The highest BCUT2D eigenvalue weighted by Gasteiger charge is 2.27. The van der Waals surface area contributed by atoms with Crippen molar-refractivity contribution in [1.29, 1.82) is 0 Å². The fourth-order valence-electron chi connectivity index (χ4n) is 1.08. The van der Waals surface area contributed by atoms with Crippen LogP contribution in [0, 0.1) is 5.92 Å². The Morgan fingerprint density at radius 2 is 1.53 bits per heavy atom. The summed E-state index contributed by atoms with van der Waals surface area (Å²) in [5.74, 6) is -1.84. The van der Waals surface area contributed by atoms with E-state index >= 15 is 0 Å². The summed E-state index contributed by atoms with van der Waals surface area (Å²) < 4.78 is 13.7. The number of hydrogen-bond acceptors (Lipinski definition) is 6. The highest BCUT2D eigenvalue weighted by Crippen LogP contribution is 2.08. The molecule has 0 radical (unpaired) electrons. The Hall–Kier alpha value is -1.59. The van der Waals surface area contributed by atoms with Gasteiger partial charge in [-0.05, 0) is 5.92 Å². The maximum Gasteiger partial charge on any atom is 0.347 e. The molecule has 0 saturated heterocycles. The summed E-state index contributed by atoms with van der Waals surface area (Å²) in [6, 6.07) is 0. The molecule has 0 aromatic heterocycles. The van der Waals surface area contributed by atoms with Gasteiger partial charge in [0.1, 0.15) is 0 Å². The molecule has 0 saturated carbocycles. The van der Waals surface area contributed by atoms with Gasteiger partial charge >= 0.3 is 17.9 Å². The minimum Gasteiger partial charge on any atom is -0.469 e. The number of methoxy groups -OCH3 is 2. The molecule has 6 heteroatoms. The minimum absolute atomic E-state index is 0.110. The molecule has 0 rings (SSSR count). The number of carbonyl (C=O) groups excluding carboxylic acids is 3. The predicted octanol–water partition coefficient (Wildman–Crippen LogP) is 0.680. The quantitative estimate of drug-likeness (QED) is 0.506. The van der Waals surface area contributed by atoms with Gasteiger partial charge in [-0.3, -0.25) is 9.59 Å². The van der Waals surface area contributed by atoms with E-state index < -0.39 is 24.0 Å². The molecule has 0 N–H and O–H groups in total. The van der Waals surface area contributed by atoms with Gasteiger partial charge < -0.3 is 14.2 Å². The third-order valence-corrected chi connectivity index (χ3v) is 1.89. The molecule has 1 atom stereocenters. The SMILES string of the molecule is COC(=O)C[C@@H](OC(=O)CC(C)C)C(=O)OC. The number of carbonyl (C=O) groups is 3. The van der Waals surface area contributed by atoms with Crippen LogP contribution in [0.25, 0.3) is 0 Å². The summed E-state index contributed by atoms with van der Waals surface area (Å²) in [5.41, 5.74) is 0. The molecule has 6 nitrogen and oxygen atoms in total. The zero-order valence-electron chi connectivity index (χ0n) is 10.5. The summed E-state index contributed by atoms with van der Waals surface area (Å²) >= 11 is 0. The van der Waals surface area contributed by atoms with Gasteiger partial charge in [-0.15, -0.1) is 0 Å². The standard InChI is InChI=1S/C11H18O6/c1-7(2)5-10(13)17-8(11(14)16-4)6-9(12)15-3/h7-8H,5-6H2,1-4H3/t8-/m1/s1. The topological polar surface area (TPSA) is 78.9 Å². The van der Waals surface area contributed by atoms with Crippen LogP contribution in [-0.4, -0.2) is 38.2 Å². The first kappa shape index (κ1) is 15.4. The third-order valence-electron chi connectivity index (χ3n) is 1.89. The third kappa shape index (κ3) is 6.55. The lowest BCUT2D eigenvalue weighted by atomic mass is 10.1. The Labute approximate surface area is 100 Å². The molecule has 0 aromatic rings. The molecular weight excluding hydrogens is 228 g/mol. The molecule has 0 fully saturated rings. The van der Waals surface area contributed by atoms with Crippen molar-refractivity contribution in [1.82, 2.24) is 0 Å². The van der Waals surface area contributed by atoms with Gasteiger partial charge in [0, 0.05) is 6.42 Å². The van der Waals surface area contributed by atoms with Gasteiger partial charge in [0.25, 0.3) is 0 Å². The highest BCUT2D eigenvalue weighted by atomic mass is 16.6. The Morgan fingerprint density at radius 3 is 1.94 bits per heavy atom. The number of rotatable bonds is 6. The smallest absolute Gasteiger partial charge is 0.347 e. The highest BCUT2D eigenvalue weighted by molar-refractivity contribution is 5.84. The lowest BCUT2D eigenvalue weighted by molar-refractivity contribution is -0.170. The Bertz CT molecular complexity index is 284. The normalized spacial score (nSPS) is 11.8.